The molecule has 0 aliphatic heterocycles. The fourth-order valence-corrected chi connectivity index (χ4v) is 4.00. The summed E-state index contributed by atoms with van der Waals surface area (Å²) in [5.41, 5.74) is -1.08. The summed E-state index contributed by atoms with van der Waals surface area (Å²) in [6.07, 6.45) is 4.62. The molecule has 1 fully saturated rings. The number of carbonyl (C=O) groups is 1. The highest BCUT2D eigenvalue weighted by atomic mass is 16.5. The van der Waals surface area contributed by atoms with Crippen molar-refractivity contribution in [2.75, 3.05) is 6.61 Å². The Labute approximate surface area is 175 Å². The van der Waals surface area contributed by atoms with E-state index < -0.39 is 16.7 Å². The van der Waals surface area contributed by atoms with Crippen molar-refractivity contribution >= 4 is 17.1 Å². The zero-order valence-electron chi connectivity index (χ0n) is 18.3. The smallest absolute Gasteiger partial charge is 0.332 e. The van der Waals surface area contributed by atoms with Crippen LogP contribution in [0.4, 0.5) is 0 Å². The summed E-state index contributed by atoms with van der Waals surface area (Å²) in [5, 5.41) is 9.50. The van der Waals surface area contributed by atoms with Crippen molar-refractivity contribution in [3.05, 3.63) is 26.7 Å². The summed E-state index contributed by atoms with van der Waals surface area (Å²) < 4.78 is 9.74. The maximum absolute atomic E-state index is 13.3. The molecule has 0 radical (unpaired) electrons. The monoisotopic (exact) mass is 420 g/mol. The summed E-state index contributed by atoms with van der Waals surface area (Å²) in [5.74, 6) is 0.434. The van der Waals surface area contributed by atoms with Gasteiger partial charge in [-0.1, -0.05) is 19.8 Å². The molecule has 0 amide bonds. The van der Waals surface area contributed by atoms with E-state index in [1.165, 1.54) is 9.13 Å². The normalized spacial score (nSPS) is 15.2. The molecule has 3 rings (SSSR count). The Kier molecular flexibility index (Phi) is 6.50. The first-order valence-corrected chi connectivity index (χ1v) is 10.7. The Morgan fingerprint density at radius 3 is 2.37 bits per heavy atom. The van der Waals surface area contributed by atoms with Gasteiger partial charge in [-0.15, -0.1) is 0 Å². The summed E-state index contributed by atoms with van der Waals surface area (Å²) in [7, 11) is 0. The van der Waals surface area contributed by atoms with Crippen LogP contribution in [0.2, 0.25) is 0 Å². The van der Waals surface area contributed by atoms with Crippen molar-refractivity contribution in [1.82, 2.24) is 18.7 Å². The van der Waals surface area contributed by atoms with Gasteiger partial charge in [0, 0.05) is 12.5 Å². The number of fused-ring (bicyclic) bond motifs is 1. The number of imidazole rings is 1. The van der Waals surface area contributed by atoms with Gasteiger partial charge in [-0.2, -0.15) is 0 Å². The molecule has 0 spiro atoms. The van der Waals surface area contributed by atoms with Crippen LogP contribution in [0.25, 0.3) is 11.2 Å². The summed E-state index contributed by atoms with van der Waals surface area (Å²) in [6.45, 7) is 7.14. The maximum atomic E-state index is 13.3. The number of aromatic nitrogens is 4. The Balaban J connectivity index is 2.24. The van der Waals surface area contributed by atoms with Crippen molar-refractivity contribution in [3.63, 3.8) is 0 Å². The van der Waals surface area contributed by atoms with Crippen LogP contribution in [0.1, 0.15) is 71.5 Å². The molecule has 0 saturated heterocycles. The fourth-order valence-electron chi connectivity index (χ4n) is 4.00. The predicted octanol–water partition coefficient (Wildman–Crippen LogP) is 1.97. The third kappa shape index (κ3) is 4.08. The number of esters is 1. The SMILES string of the molecule is CCCn1c(=O)c2c(nc(C3CCCC3)n2COC(=O)C(C)(C)C)n(CCO)c1=O. The van der Waals surface area contributed by atoms with Crippen LogP contribution in [0.5, 0.6) is 0 Å². The van der Waals surface area contributed by atoms with Crippen LogP contribution in [-0.4, -0.2) is 36.4 Å². The lowest BCUT2D eigenvalue weighted by Crippen LogP contribution is -2.41. The number of ether oxygens (including phenoxy) is 1. The van der Waals surface area contributed by atoms with E-state index in [4.69, 9.17) is 4.74 Å². The zero-order chi connectivity index (χ0) is 22.1. The third-order valence-corrected chi connectivity index (χ3v) is 5.57. The molecule has 2 aromatic rings. The van der Waals surface area contributed by atoms with Gasteiger partial charge in [0.05, 0.1) is 18.6 Å². The van der Waals surface area contributed by atoms with Crippen LogP contribution >= 0.6 is 0 Å². The number of hydrogen-bond acceptors (Lipinski definition) is 6. The van der Waals surface area contributed by atoms with Crippen molar-refractivity contribution in [2.45, 2.75) is 85.5 Å². The van der Waals surface area contributed by atoms with Gasteiger partial charge < -0.3 is 9.84 Å². The highest BCUT2D eigenvalue weighted by molar-refractivity contribution is 5.75. The molecule has 30 heavy (non-hydrogen) atoms. The molecule has 166 valence electrons. The predicted molar refractivity (Wildman–Crippen MR) is 112 cm³/mol. The quantitative estimate of drug-likeness (QED) is 0.686. The molecule has 0 aromatic carbocycles. The van der Waals surface area contributed by atoms with Gasteiger partial charge in [-0.05, 0) is 40.0 Å². The average molecular weight is 421 g/mol. The first-order chi connectivity index (χ1) is 14.2. The molecule has 2 aromatic heterocycles. The molecule has 0 unspecified atom stereocenters. The number of hydrogen-bond donors (Lipinski definition) is 1. The molecule has 2 heterocycles. The molecule has 1 aliphatic carbocycles. The molecule has 1 saturated carbocycles. The first kappa shape index (κ1) is 22.3. The van der Waals surface area contributed by atoms with E-state index >= 15 is 0 Å². The van der Waals surface area contributed by atoms with E-state index in [0.29, 0.717) is 12.2 Å². The van der Waals surface area contributed by atoms with Gasteiger partial charge in [0.2, 0.25) is 0 Å². The van der Waals surface area contributed by atoms with Gasteiger partial charge in [0.15, 0.2) is 17.9 Å². The lowest BCUT2D eigenvalue weighted by molar-refractivity contribution is -0.156. The fraction of sp³-hybridized carbons (Fsp3) is 0.714. The zero-order valence-corrected chi connectivity index (χ0v) is 18.3. The largest absolute Gasteiger partial charge is 0.443 e. The lowest BCUT2D eigenvalue weighted by atomic mass is 9.98. The van der Waals surface area contributed by atoms with E-state index in [1.807, 2.05) is 6.92 Å². The molecular formula is C21H32N4O5. The summed E-state index contributed by atoms with van der Waals surface area (Å²) in [6, 6.07) is 0. The Morgan fingerprint density at radius 1 is 1.13 bits per heavy atom. The van der Waals surface area contributed by atoms with Crippen LogP contribution in [-0.2, 0) is 29.4 Å². The van der Waals surface area contributed by atoms with E-state index in [0.717, 1.165) is 25.7 Å². The minimum absolute atomic E-state index is 0.0439. The standard InChI is InChI=1S/C21H32N4O5/c1-5-10-24-18(27)15-17(23(11-12-26)20(24)29)22-16(14-8-6-7-9-14)25(15)13-30-19(28)21(2,3)4/h14,26H,5-13H2,1-4H3. The van der Waals surface area contributed by atoms with Crippen LogP contribution in [0.15, 0.2) is 9.59 Å². The minimum atomic E-state index is -0.675. The second kappa shape index (κ2) is 8.75. The molecular weight excluding hydrogens is 388 g/mol. The first-order valence-electron chi connectivity index (χ1n) is 10.7. The number of rotatable bonds is 7. The lowest BCUT2D eigenvalue weighted by Gasteiger charge is -2.19. The number of nitrogens with zero attached hydrogens (tertiary/aromatic N) is 4. The molecule has 0 atom stereocenters. The molecule has 9 nitrogen and oxygen atoms in total. The highest BCUT2D eigenvalue weighted by Crippen LogP contribution is 2.34. The maximum Gasteiger partial charge on any atom is 0.332 e. The number of carbonyl (C=O) groups excluding carboxylic acids is 1. The van der Waals surface area contributed by atoms with Crippen molar-refractivity contribution < 1.29 is 14.6 Å². The minimum Gasteiger partial charge on any atom is -0.443 e. The topological polar surface area (TPSA) is 108 Å². The second-order valence-electron chi connectivity index (χ2n) is 8.98. The summed E-state index contributed by atoms with van der Waals surface area (Å²) in [4.78, 5) is 43.2. The van der Waals surface area contributed by atoms with Gasteiger partial charge in [-0.3, -0.25) is 23.3 Å². The molecule has 1 N–H and O–H groups in total. The number of aliphatic hydroxyl groups is 1. The summed E-state index contributed by atoms with van der Waals surface area (Å²) >= 11 is 0. The molecule has 1 aliphatic rings. The van der Waals surface area contributed by atoms with Crippen LogP contribution < -0.4 is 11.2 Å². The number of aliphatic hydroxyl groups excluding tert-OH is 1. The molecule has 9 heteroatoms. The van der Waals surface area contributed by atoms with E-state index in [9.17, 15) is 19.5 Å². The van der Waals surface area contributed by atoms with Gasteiger partial charge >= 0.3 is 11.7 Å². The van der Waals surface area contributed by atoms with Crippen molar-refractivity contribution in [3.8, 4) is 0 Å². The second-order valence-corrected chi connectivity index (χ2v) is 8.98. The van der Waals surface area contributed by atoms with Crippen LogP contribution in [0.3, 0.4) is 0 Å². The molecule has 0 bridgehead atoms. The Bertz CT molecular complexity index is 1030. The van der Waals surface area contributed by atoms with E-state index in [1.54, 1.807) is 25.3 Å². The van der Waals surface area contributed by atoms with Crippen LogP contribution in [0, 0.1) is 5.41 Å². The van der Waals surface area contributed by atoms with E-state index in [2.05, 4.69) is 4.98 Å². The average Bonchev–Trinajstić information content (AvgIpc) is 3.33. The van der Waals surface area contributed by atoms with Gasteiger partial charge in [0.1, 0.15) is 5.82 Å². The van der Waals surface area contributed by atoms with E-state index in [-0.39, 0.29) is 49.5 Å². The Morgan fingerprint density at radius 2 is 1.80 bits per heavy atom. The Hall–Kier alpha value is -2.42. The third-order valence-electron chi connectivity index (χ3n) is 5.57. The van der Waals surface area contributed by atoms with Gasteiger partial charge in [-0.25, -0.2) is 9.78 Å². The van der Waals surface area contributed by atoms with Crippen molar-refractivity contribution in [1.29, 1.82) is 0 Å². The van der Waals surface area contributed by atoms with Gasteiger partial charge in [0.25, 0.3) is 5.56 Å². The highest BCUT2D eigenvalue weighted by Gasteiger charge is 2.29. The van der Waals surface area contributed by atoms with Crippen molar-refractivity contribution in [2.24, 2.45) is 5.41 Å².